The van der Waals surface area contributed by atoms with Gasteiger partial charge in [-0.15, -0.1) is 0 Å². The molecule has 0 heterocycles. The average molecular weight is 300 g/mol. The Bertz CT molecular complexity index is 490. The van der Waals surface area contributed by atoms with Crippen LogP contribution in [0.15, 0.2) is 18.2 Å². The summed E-state index contributed by atoms with van der Waals surface area (Å²) in [4.78, 5) is 23.2. The number of halogens is 1. The van der Waals surface area contributed by atoms with E-state index < -0.39 is 5.97 Å². The fourth-order valence-corrected chi connectivity index (χ4v) is 1.87. The number of phenols is 1. The first kappa shape index (κ1) is 16.3. The lowest BCUT2D eigenvalue weighted by Gasteiger charge is -2.12. The third-order valence-corrected chi connectivity index (χ3v) is 2.88. The minimum atomic E-state index is -0.766. The van der Waals surface area contributed by atoms with Gasteiger partial charge in [0.15, 0.2) is 6.61 Å². The number of nitrogens with one attached hydrogen (secondary N) is 1. The summed E-state index contributed by atoms with van der Waals surface area (Å²) in [6.45, 7) is 3.52. The summed E-state index contributed by atoms with van der Waals surface area (Å²) in [5.41, 5.74) is -0.0243. The highest BCUT2D eigenvalue weighted by Crippen LogP contribution is 2.22. The van der Waals surface area contributed by atoms with Crippen LogP contribution in [0, 0.1) is 0 Å². The molecule has 2 N–H and O–H groups in total. The quantitative estimate of drug-likeness (QED) is 0.791. The SMILES string of the molecule is CCCC(C)NC(=O)COC(=O)c1ccc(Cl)cc1O. The Balaban J connectivity index is 2.49. The molecule has 1 aromatic carbocycles. The highest BCUT2D eigenvalue weighted by molar-refractivity contribution is 6.30. The maximum Gasteiger partial charge on any atom is 0.342 e. The van der Waals surface area contributed by atoms with E-state index in [1.54, 1.807) is 0 Å². The van der Waals surface area contributed by atoms with E-state index in [-0.39, 0.29) is 29.9 Å². The van der Waals surface area contributed by atoms with Crippen LogP contribution in [-0.2, 0) is 9.53 Å². The summed E-state index contributed by atoms with van der Waals surface area (Å²) in [6, 6.07) is 4.08. The first-order valence-electron chi connectivity index (χ1n) is 6.39. The van der Waals surface area contributed by atoms with Gasteiger partial charge in [-0.1, -0.05) is 24.9 Å². The van der Waals surface area contributed by atoms with Gasteiger partial charge >= 0.3 is 5.97 Å². The lowest BCUT2D eigenvalue weighted by Crippen LogP contribution is -2.35. The monoisotopic (exact) mass is 299 g/mol. The molecule has 0 fully saturated rings. The van der Waals surface area contributed by atoms with Crippen LogP contribution in [0.4, 0.5) is 0 Å². The molecule has 1 amide bonds. The lowest BCUT2D eigenvalue weighted by molar-refractivity contribution is -0.124. The zero-order valence-electron chi connectivity index (χ0n) is 11.5. The number of benzene rings is 1. The van der Waals surface area contributed by atoms with Crippen LogP contribution < -0.4 is 5.32 Å². The van der Waals surface area contributed by atoms with Crippen molar-refractivity contribution in [2.45, 2.75) is 32.7 Å². The molecule has 0 radical (unpaired) electrons. The van der Waals surface area contributed by atoms with E-state index in [2.05, 4.69) is 5.32 Å². The van der Waals surface area contributed by atoms with Gasteiger partial charge in [0.05, 0.1) is 0 Å². The molecule has 1 atom stereocenters. The fraction of sp³-hybridized carbons (Fsp3) is 0.429. The van der Waals surface area contributed by atoms with Crippen molar-refractivity contribution in [3.05, 3.63) is 28.8 Å². The molecule has 0 aromatic heterocycles. The Kier molecular flexibility index (Phi) is 6.31. The third-order valence-electron chi connectivity index (χ3n) is 2.64. The van der Waals surface area contributed by atoms with Crippen molar-refractivity contribution in [1.29, 1.82) is 0 Å². The summed E-state index contributed by atoms with van der Waals surface area (Å²) in [7, 11) is 0. The molecular weight excluding hydrogens is 282 g/mol. The van der Waals surface area contributed by atoms with Crippen molar-refractivity contribution in [1.82, 2.24) is 5.32 Å². The van der Waals surface area contributed by atoms with Gasteiger partial charge in [0.2, 0.25) is 0 Å². The molecule has 0 aliphatic rings. The second-order valence-electron chi connectivity index (χ2n) is 4.49. The first-order valence-corrected chi connectivity index (χ1v) is 6.76. The zero-order valence-corrected chi connectivity index (χ0v) is 12.2. The number of hydrogen-bond acceptors (Lipinski definition) is 4. The number of hydrogen-bond donors (Lipinski definition) is 2. The van der Waals surface area contributed by atoms with E-state index in [0.29, 0.717) is 5.02 Å². The summed E-state index contributed by atoms with van der Waals surface area (Å²) >= 11 is 5.66. The van der Waals surface area contributed by atoms with E-state index in [0.717, 1.165) is 12.8 Å². The van der Waals surface area contributed by atoms with Gasteiger partial charge in [-0.3, -0.25) is 4.79 Å². The standard InChI is InChI=1S/C14H18ClNO4/c1-3-4-9(2)16-13(18)8-20-14(19)11-6-5-10(15)7-12(11)17/h5-7,9,17H,3-4,8H2,1-2H3,(H,16,18). The van der Waals surface area contributed by atoms with E-state index in [9.17, 15) is 14.7 Å². The van der Waals surface area contributed by atoms with Crippen molar-refractivity contribution in [3.8, 4) is 5.75 Å². The van der Waals surface area contributed by atoms with Gasteiger partial charge < -0.3 is 15.2 Å². The molecular formula is C14H18ClNO4. The van der Waals surface area contributed by atoms with Crippen LogP contribution in [0.2, 0.25) is 5.02 Å². The van der Waals surface area contributed by atoms with Crippen molar-refractivity contribution in [2.75, 3.05) is 6.61 Å². The maximum absolute atomic E-state index is 11.7. The van der Waals surface area contributed by atoms with E-state index >= 15 is 0 Å². The van der Waals surface area contributed by atoms with Gasteiger partial charge in [-0.2, -0.15) is 0 Å². The second kappa shape index (κ2) is 7.75. The molecule has 1 unspecified atom stereocenters. The van der Waals surface area contributed by atoms with Gasteiger partial charge in [-0.05, 0) is 31.5 Å². The largest absolute Gasteiger partial charge is 0.507 e. The highest BCUT2D eigenvalue weighted by Gasteiger charge is 2.15. The molecule has 110 valence electrons. The van der Waals surface area contributed by atoms with Crippen molar-refractivity contribution in [3.63, 3.8) is 0 Å². The first-order chi connectivity index (χ1) is 9.43. The number of rotatable bonds is 6. The van der Waals surface area contributed by atoms with E-state index in [1.165, 1.54) is 18.2 Å². The van der Waals surface area contributed by atoms with Crippen LogP contribution in [0.5, 0.6) is 5.75 Å². The molecule has 0 aliphatic carbocycles. The normalized spacial score (nSPS) is 11.8. The van der Waals surface area contributed by atoms with Gasteiger partial charge in [0.1, 0.15) is 11.3 Å². The van der Waals surface area contributed by atoms with Crippen LogP contribution >= 0.6 is 11.6 Å². The summed E-state index contributed by atoms with van der Waals surface area (Å²) in [6.07, 6.45) is 1.82. The van der Waals surface area contributed by atoms with Crippen LogP contribution in [0.1, 0.15) is 37.0 Å². The molecule has 1 aromatic rings. The molecule has 0 spiro atoms. The van der Waals surface area contributed by atoms with Gasteiger partial charge in [0.25, 0.3) is 5.91 Å². The van der Waals surface area contributed by atoms with Crippen molar-refractivity contribution >= 4 is 23.5 Å². The Labute approximate surface area is 122 Å². The minimum Gasteiger partial charge on any atom is -0.507 e. The Morgan fingerprint density at radius 3 is 2.75 bits per heavy atom. The minimum absolute atomic E-state index is 0.0243. The zero-order chi connectivity index (χ0) is 15.1. The van der Waals surface area contributed by atoms with Gasteiger partial charge in [0, 0.05) is 11.1 Å². The number of amides is 1. The maximum atomic E-state index is 11.7. The summed E-state index contributed by atoms with van der Waals surface area (Å²) < 4.78 is 4.84. The molecule has 1 rings (SSSR count). The average Bonchev–Trinajstić information content (AvgIpc) is 2.36. The highest BCUT2D eigenvalue weighted by atomic mass is 35.5. The van der Waals surface area contributed by atoms with E-state index in [1.807, 2.05) is 13.8 Å². The predicted molar refractivity (Wildman–Crippen MR) is 75.9 cm³/mol. The van der Waals surface area contributed by atoms with Crippen LogP contribution in [0.25, 0.3) is 0 Å². The number of ether oxygens (including phenoxy) is 1. The van der Waals surface area contributed by atoms with Crippen LogP contribution in [0.3, 0.4) is 0 Å². The number of aromatic hydroxyl groups is 1. The molecule has 20 heavy (non-hydrogen) atoms. The third kappa shape index (κ3) is 5.09. The number of carbonyl (C=O) groups excluding carboxylic acids is 2. The number of phenolic OH excluding ortho intramolecular Hbond substituents is 1. The number of carbonyl (C=O) groups is 2. The molecule has 0 bridgehead atoms. The molecule has 0 saturated carbocycles. The summed E-state index contributed by atoms with van der Waals surface area (Å²) in [5.74, 6) is -1.41. The van der Waals surface area contributed by atoms with Crippen molar-refractivity contribution < 1.29 is 19.4 Å². The Morgan fingerprint density at radius 1 is 1.45 bits per heavy atom. The van der Waals surface area contributed by atoms with Crippen molar-refractivity contribution in [2.24, 2.45) is 0 Å². The smallest absolute Gasteiger partial charge is 0.342 e. The molecule has 0 saturated heterocycles. The fourth-order valence-electron chi connectivity index (χ4n) is 1.71. The molecule has 5 nitrogen and oxygen atoms in total. The summed E-state index contributed by atoms with van der Waals surface area (Å²) in [5, 5.41) is 12.6. The second-order valence-corrected chi connectivity index (χ2v) is 4.93. The number of esters is 1. The van der Waals surface area contributed by atoms with Gasteiger partial charge in [-0.25, -0.2) is 4.79 Å². The molecule has 0 aliphatic heterocycles. The Morgan fingerprint density at radius 2 is 2.15 bits per heavy atom. The Hall–Kier alpha value is -1.75. The predicted octanol–water partition coefficient (Wildman–Crippen LogP) is 2.51. The topological polar surface area (TPSA) is 75.6 Å². The molecule has 6 heteroatoms. The lowest BCUT2D eigenvalue weighted by atomic mass is 10.2. The van der Waals surface area contributed by atoms with E-state index in [4.69, 9.17) is 16.3 Å². The van der Waals surface area contributed by atoms with Crippen LogP contribution in [-0.4, -0.2) is 29.6 Å².